The van der Waals surface area contributed by atoms with E-state index >= 15 is 0 Å². The minimum atomic E-state index is -1.71. The molecule has 3 aromatic rings. The van der Waals surface area contributed by atoms with Crippen molar-refractivity contribution in [3.8, 4) is 11.5 Å². The molecule has 0 radical (unpaired) electrons. The van der Waals surface area contributed by atoms with Crippen molar-refractivity contribution in [1.29, 1.82) is 0 Å². The van der Waals surface area contributed by atoms with Crippen LogP contribution in [-0.4, -0.2) is 34.4 Å². The van der Waals surface area contributed by atoms with Crippen molar-refractivity contribution in [2.45, 2.75) is 24.7 Å². The molecule has 8 heteroatoms. The topological polar surface area (TPSA) is 96.3 Å². The Labute approximate surface area is 222 Å². The zero-order chi connectivity index (χ0) is 25.7. The fraction of sp³-hybridized carbons (Fsp3) is 0.310. The summed E-state index contributed by atoms with van der Waals surface area (Å²) in [6.45, 7) is 0.115. The summed E-state index contributed by atoms with van der Waals surface area (Å²) in [7, 11) is 0. The first-order valence-electron chi connectivity index (χ1n) is 12.4. The highest BCUT2D eigenvalue weighted by atomic mass is 79.9. The Morgan fingerprint density at radius 2 is 1.68 bits per heavy atom. The molecule has 2 heterocycles. The molecule has 3 fully saturated rings. The Bertz CT molecular complexity index is 1330. The molecule has 2 amide bonds. The molecule has 0 spiro atoms. The zero-order valence-corrected chi connectivity index (χ0v) is 21.5. The van der Waals surface area contributed by atoms with Gasteiger partial charge in [-0.2, -0.15) is 0 Å². The number of phenols is 1. The lowest BCUT2D eigenvalue weighted by Crippen LogP contribution is -2.55. The molecule has 1 aliphatic carbocycles. The second-order valence-corrected chi connectivity index (χ2v) is 10.9. The van der Waals surface area contributed by atoms with Crippen LogP contribution in [0.5, 0.6) is 11.5 Å². The number of benzene rings is 3. The summed E-state index contributed by atoms with van der Waals surface area (Å²) in [5, 5.41) is 22.6. The number of amides is 2. The standard InChI is InChI=1S/C29H26BrNO6/c30-18-11-12-24(32)21(14-18)25-15-23-26-22(27(33)31(28(26)34)19-7-3-1-4-8-19)13-17(29(23,35)37-25)16-36-20-9-5-2-6-10-20/h1-12,14,17,22-23,25-26,32,35H,13,15-16H2/t17-,22+,23+,25+,26+,29-/m1/s1. The van der Waals surface area contributed by atoms with Crippen molar-refractivity contribution in [3.63, 3.8) is 0 Å². The number of rotatable bonds is 5. The van der Waals surface area contributed by atoms with Crippen LogP contribution in [0.1, 0.15) is 24.5 Å². The van der Waals surface area contributed by atoms with Crippen LogP contribution in [0.4, 0.5) is 5.69 Å². The first-order chi connectivity index (χ1) is 17.9. The lowest BCUT2D eigenvalue weighted by molar-refractivity contribution is -0.272. The van der Waals surface area contributed by atoms with Gasteiger partial charge in [-0.25, -0.2) is 0 Å². The van der Waals surface area contributed by atoms with E-state index in [2.05, 4.69) is 15.9 Å². The molecule has 190 valence electrons. The van der Waals surface area contributed by atoms with Crippen molar-refractivity contribution in [2.24, 2.45) is 23.7 Å². The van der Waals surface area contributed by atoms with Gasteiger partial charge in [0.25, 0.3) is 0 Å². The molecule has 0 bridgehead atoms. The summed E-state index contributed by atoms with van der Waals surface area (Å²) in [6, 6.07) is 23.2. The normalized spacial score (nSPS) is 30.8. The molecule has 1 saturated carbocycles. The molecule has 0 aromatic heterocycles. The van der Waals surface area contributed by atoms with E-state index < -0.39 is 35.6 Å². The molecular weight excluding hydrogens is 538 g/mol. The third-order valence-corrected chi connectivity index (χ3v) is 8.40. The van der Waals surface area contributed by atoms with Gasteiger partial charge in [-0.3, -0.25) is 14.5 Å². The van der Waals surface area contributed by atoms with Crippen LogP contribution in [0.3, 0.4) is 0 Å². The quantitative estimate of drug-likeness (QED) is 0.432. The van der Waals surface area contributed by atoms with Gasteiger partial charge in [0.15, 0.2) is 5.79 Å². The largest absolute Gasteiger partial charge is 0.508 e. The van der Waals surface area contributed by atoms with Crippen molar-refractivity contribution < 1.29 is 29.3 Å². The number of carbonyl (C=O) groups excluding carboxylic acids is 2. The number of aromatic hydroxyl groups is 1. The monoisotopic (exact) mass is 563 g/mol. The fourth-order valence-electron chi connectivity index (χ4n) is 6.20. The van der Waals surface area contributed by atoms with Crippen LogP contribution in [-0.2, 0) is 14.3 Å². The highest BCUT2D eigenvalue weighted by molar-refractivity contribution is 9.10. The summed E-state index contributed by atoms with van der Waals surface area (Å²) < 4.78 is 13.1. The molecule has 3 aromatic carbocycles. The number of nitrogens with zero attached hydrogens (tertiary/aromatic N) is 1. The maximum Gasteiger partial charge on any atom is 0.238 e. The molecule has 2 aliphatic heterocycles. The molecule has 3 aliphatic rings. The van der Waals surface area contributed by atoms with E-state index in [-0.39, 0.29) is 37.0 Å². The number of aliphatic hydroxyl groups is 1. The van der Waals surface area contributed by atoms with Crippen LogP contribution < -0.4 is 9.64 Å². The molecular formula is C29H26BrNO6. The van der Waals surface area contributed by atoms with E-state index in [1.165, 1.54) is 4.90 Å². The highest BCUT2D eigenvalue weighted by Crippen LogP contribution is 2.59. The van der Waals surface area contributed by atoms with Crippen LogP contribution in [0.25, 0.3) is 0 Å². The minimum absolute atomic E-state index is 0.0452. The second kappa shape index (κ2) is 9.28. The predicted octanol–water partition coefficient (Wildman–Crippen LogP) is 4.83. The minimum Gasteiger partial charge on any atom is -0.508 e. The lowest BCUT2D eigenvalue weighted by Gasteiger charge is -2.44. The van der Waals surface area contributed by atoms with Crippen molar-refractivity contribution >= 4 is 33.4 Å². The van der Waals surface area contributed by atoms with Gasteiger partial charge in [0, 0.05) is 21.9 Å². The van der Waals surface area contributed by atoms with Gasteiger partial charge in [0.05, 0.1) is 30.2 Å². The predicted molar refractivity (Wildman–Crippen MR) is 139 cm³/mol. The van der Waals surface area contributed by atoms with Gasteiger partial charge in [-0.15, -0.1) is 0 Å². The number of hydrogen-bond donors (Lipinski definition) is 2. The van der Waals surface area contributed by atoms with E-state index in [1.807, 2.05) is 36.4 Å². The van der Waals surface area contributed by atoms with E-state index in [0.29, 0.717) is 17.0 Å². The van der Waals surface area contributed by atoms with Crippen LogP contribution >= 0.6 is 15.9 Å². The number of ether oxygens (including phenoxy) is 2. The van der Waals surface area contributed by atoms with Gasteiger partial charge in [0.2, 0.25) is 11.8 Å². The smallest absolute Gasteiger partial charge is 0.238 e. The molecule has 0 unspecified atom stereocenters. The summed E-state index contributed by atoms with van der Waals surface area (Å²) in [6.07, 6.45) is -0.125. The first kappa shape index (κ1) is 24.2. The number of phenolic OH excluding ortho intramolecular Hbond substituents is 1. The average molecular weight is 564 g/mol. The number of carbonyl (C=O) groups is 2. The van der Waals surface area contributed by atoms with E-state index in [1.54, 1.807) is 42.5 Å². The third-order valence-electron chi connectivity index (χ3n) is 7.91. The zero-order valence-electron chi connectivity index (χ0n) is 19.9. The Balaban J connectivity index is 1.37. The lowest BCUT2D eigenvalue weighted by atomic mass is 9.64. The SMILES string of the molecule is O=C1[C@H]2[C@H](C[C@H](COc3ccccc3)[C@@]3(O)O[C@H](c4cc(Br)ccc4O)C[C@@H]23)C(=O)N1c1ccccc1. The number of hydrogen-bond acceptors (Lipinski definition) is 6. The van der Waals surface area contributed by atoms with Crippen LogP contribution in [0.2, 0.25) is 0 Å². The van der Waals surface area contributed by atoms with E-state index in [9.17, 15) is 19.8 Å². The van der Waals surface area contributed by atoms with Crippen LogP contribution in [0.15, 0.2) is 83.3 Å². The van der Waals surface area contributed by atoms with Gasteiger partial charge in [-0.1, -0.05) is 52.3 Å². The van der Waals surface area contributed by atoms with Gasteiger partial charge >= 0.3 is 0 Å². The van der Waals surface area contributed by atoms with Gasteiger partial charge < -0.3 is 19.7 Å². The maximum absolute atomic E-state index is 13.7. The first-order valence-corrected chi connectivity index (χ1v) is 13.2. The van der Waals surface area contributed by atoms with Crippen molar-refractivity contribution in [2.75, 3.05) is 11.5 Å². The van der Waals surface area contributed by atoms with Crippen molar-refractivity contribution in [1.82, 2.24) is 0 Å². The molecule has 2 saturated heterocycles. The molecule has 2 N–H and O–H groups in total. The van der Waals surface area contributed by atoms with Crippen LogP contribution in [0, 0.1) is 23.7 Å². The molecule has 7 nitrogen and oxygen atoms in total. The number of fused-ring (bicyclic) bond motifs is 3. The van der Waals surface area contributed by atoms with E-state index in [0.717, 1.165) is 4.47 Å². The fourth-order valence-corrected chi connectivity index (χ4v) is 6.58. The number of imide groups is 1. The summed E-state index contributed by atoms with van der Waals surface area (Å²) >= 11 is 3.44. The summed E-state index contributed by atoms with van der Waals surface area (Å²) in [5.41, 5.74) is 1.04. The Morgan fingerprint density at radius 3 is 2.41 bits per heavy atom. The Hall–Kier alpha value is -3.20. The number of anilines is 1. The second-order valence-electron chi connectivity index (χ2n) is 9.94. The average Bonchev–Trinajstić information content (AvgIpc) is 3.38. The number of halogens is 1. The maximum atomic E-state index is 13.7. The highest BCUT2D eigenvalue weighted by Gasteiger charge is 2.67. The molecule has 6 rings (SSSR count). The summed E-state index contributed by atoms with van der Waals surface area (Å²) in [5.74, 6) is -4.15. The van der Waals surface area contributed by atoms with Gasteiger partial charge in [-0.05, 0) is 55.3 Å². The Morgan fingerprint density at radius 1 is 0.973 bits per heavy atom. The van der Waals surface area contributed by atoms with Gasteiger partial charge in [0.1, 0.15) is 11.5 Å². The molecule has 37 heavy (non-hydrogen) atoms. The van der Waals surface area contributed by atoms with E-state index in [4.69, 9.17) is 9.47 Å². The number of para-hydroxylation sites is 2. The molecule has 6 atom stereocenters. The summed E-state index contributed by atoms with van der Waals surface area (Å²) in [4.78, 5) is 28.6. The third kappa shape index (κ3) is 4.04. The van der Waals surface area contributed by atoms with Crippen molar-refractivity contribution in [3.05, 3.63) is 88.9 Å². The Kier molecular flexibility index (Phi) is 6.06.